The predicted octanol–water partition coefficient (Wildman–Crippen LogP) is 0.839. The van der Waals surface area contributed by atoms with Crippen molar-refractivity contribution in [1.82, 2.24) is 5.32 Å². The third-order valence-corrected chi connectivity index (χ3v) is 2.24. The third kappa shape index (κ3) is 1.76. The van der Waals surface area contributed by atoms with Crippen molar-refractivity contribution >= 4 is 12.1 Å². The third-order valence-electron chi connectivity index (χ3n) is 2.24. The van der Waals surface area contributed by atoms with E-state index in [0.29, 0.717) is 0 Å². The summed E-state index contributed by atoms with van der Waals surface area (Å²) in [6.45, 7) is 1.47. The lowest BCUT2D eigenvalue weighted by atomic mass is 9.79. The normalized spacial score (nSPS) is 29.9. The Bertz CT molecular complexity index is 321. The highest BCUT2D eigenvalue weighted by atomic mass is 16.4. The lowest BCUT2D eigenvalue weighted by molar-refractivity contribution is -0.145. The summed E-state index contributed by atoms with van der Waals surface area (Å²) >= 11 is 0. The van der Waals surface area contributed by atoms with E-state index < -0.39 is 23.5 Å². The molecule has 14 heavy (non-hydrogen) atoms. The van der Waals surface area contributed by atoms with Crippen LogP contribution in [-0.4, -0.2) is 28.3 Å². The monoisotopic (exact) mass is 197 g/mol. The van der Waals surface area contributed by atoms with Crippen LogP contribution >= 0.6 is 0 Å². The Kier molecular flexibility index (Phi) is 2.60. The number of carboxylic acid groups (broad SMARTS) is 2. The van der Waals surface area contributed by atoms with Crippen LogP contribution in [0.15, 0.2) is 24.3 Å². The van der Waals surface area contributed by atoms with E-state index in [9.17, 15) is 9.59 Å². The van der Waals surface area contributed by atoms with Crippen molar-refractivity contribution < 1.29 is 19.8 Å². The Labute approximate surface area is 80.7 Å². The van der Waals surface area contributed by atoms with Crippen molar-refractivity contribution in [3.63, 3.8) is 0 Å². The fraction of sp³-hybridized carbons (Fsp3) is 0.333. The highest BCUT2D eigenvalue weighted by Crippen LogP contribution is 2.27. The molecule has 0 spiro atoms. The Morgan fingerprint density at radius 3 is 2.50 bits per heavy atom. The summed E-state index contributed by atoms with van der Waals surface area (Å²) in [5, 5.41) is 19.6. The second-order valence-electron chi connectivity index (χ2n) is 3.26. The molecule has 1 aliphatic rings. The van der Waals surface area contributed by atoms with Crippen LogP contribution in [0.5, 0.6) is 0 Å². The van der Waals surface area contributed by atoms with Crippen LogP contribution in [0.2, 0.25) is 0 Å². The van der Waals surface area contributed by atoms with E-state index in [1.165, 1.54) is 19.1 Å². The van der Waals surface area contributed by atoms with Crippen LogP contribution in [0, 0.1) is 5.41 Å². The van der Waals surface area contributed by atoms with Crippen LogP contribution in [0.1, 0.15) is 6.92 Å². The number of allylic oxidation sites excluding steroid dienone is 2. The standard InChI is InChI=1S/C9H11NO4/c1-9(7(11)12)5-3-2-4-6(9)10-8(13)14/h2-6,10H,1H3,(H,11,12)(H,13,14). The lowest BCUT2D eigenvalue weighted by Crippen LogP contribution is -2.48. The van der Waals surface area contributed by atoms with Gasteiger partial charge in [-0.2, -0.15) is 0 Å². The summed E-state index contributed by atoms with van der Waals surface area (Å²) in [6.07, 6.45) is 4.96. The summed E-state index contributed by atoms with van der Waals surface area (Å²) < 4.78 is 0. The van der Waals surface area contributed by atoms with Gasteiger partial charge in [0, 0.05) is 0 Å². The van der Waals surface area contributed by atoms with Crippen molar-refractivity contribution in [3.8, 4) is 0 Å². The zero-order valence-corrected chi connectivity index (χ0v) is 7.60. The molecule has 1 aliphatic carbocycles. The summed E-state index contributed by atoms with van der Waals surface area (Å²) in [5.74, 6) is -1.06. The summed E-state index contributed by atoms with van der Waals surface area (Å²) in [7, 11) is 0. The molecule has 0 aromatic rings. The van der Waals surface area contributed by atoms with E-state index in [1.54, 1.807) is 12.2 Å². The topological polar surface area (TPSA) is 86.6 Å². The molecule has 0 aromatic heterocycles. The minimum Gasteiger partial charge on any atom is -0.481 e. The Morgan fingerprint density at radius 1 is 1.36 bits per heavy atom. The van der Waals surface area contributed by atoms with Gasteiger partial charge in [0.15, 0.2) is 0 Å². The maximum absolute atomic E-state index is 10.9. The van der Waals surface area contributed by atoms with E-state index in [1.807, 2.05) is 0 Å². The maximum atomic E-state index is 10.9. The molecule has 0 radical (unpaired) electrons. The van der Waals surface area contributed by atoms with Crippen LogP contribution in [0.4, 0.5) is 4.79 Å². The number of amides is 1. The second kappa shape index (κ2) is 3.53. The second-order valence-corrected chi connectivity index (χ2v) is 3.26. The van der Waals surface area contributed by atoms with Crippen LogP contribution in [0.3, 0.4) is 0 Å². The molecule has 2 atom stereocenters. The van der Waals surface area contributed by atoms with Gasteiger partial charge in [-0.15, -0.1) is 0 Å². The van der Waals surface area contributed by atoms with Crippen molar-refractivity contribution in [2.24, 2.45) is 5.41 Å². The molecule has 1 rings (SSSR count). The van der Waals surface area contributed by atoms with E-state index in [2.05, 4.69) is 5.32 Å². The highest BCUT2D eigenvalue weighted by Gasteiger charge is 2.39. The van der Waals surface area contributed by atoms with Crippen LogP contribution in [-0.2, 0) is 4.79 Å². The van der Waals surface area contributed by atoms with Crippen LogP contribution in [0.25, 0.3) is 0 Å². The molecule has 0 heterocycles. The van der Waals surface area contributed by atoms with Gasteiger partial charge in [-0.1, -0.05) is 24.3 Å². The molecular formula is C9H11NO4. The Balaban J connectivity index is 2.92. The minimum absolute atomic E-state index is 0.734. The van der Waals surface area contributed by atoms with E-state index in [0.717, 1.165) is 0 Å². The predicted molar refractivity (Wildman–Crippen MR) is 49.0 cm³/mol. The zero-order valence-electron chi connectivity index (χ0n) is 7.60. The molecule has 3 N–H and O–H groups in total. The van der Waals surface area contributed by atoms with Gasteiger partial charge in [0.1, 0.15) is 5.41 Å². The first-order valence-corrected chi connectivity index (χ1v) is 4.05. The van der Waals surface area contributed by atoms with Gasteiger partial charge in [0.05, 0.1) is 6.04 Å². The molecule has 0 saturated carbocycles. The minimum atomic E-state index is -1.23. The van der Waals surface area contributed by atoms with E-state index in [4.69, 9.17) is 10.2 Å². The molecule has 0 fully saturated rings. The smallest absolute Gasteiger partial charge is 0.405 e. The number of carboxylic acids is 1. The quantitative estimate of drug-likeness (QED) is 0.612. The van der Waals surface area contributed by atoms with Gasteiger partial charge in [-0.05, 0) is 6.92 Å². The molecule has 5 nitrogen and oxygen atoms in total. The first kappa shape index (κ1) is 10.3. The van der Waals surface area contributed by atoms with Crippen molar-refractivity contribution in [2.75, 3.05) is 0 Å². The largest absolute Gasteiger partial charge is 0.481 e. The number of aliphatic carboxylic acids is 1. The van der Waals surface area contributed by atoms with Gasteiger partial charge in [-0.3, -0.25) is 4.79 Å². The van der Waals surface area contributed by atoms with Crippen LogP contribution < -0.4 is 5.32 Å². The Morgan fingerprint density at radius 2 is 2.00 bits per heavy atom. The molecule has 0 saturated heterocycles. The number of carbonyl (C=O) groups is 2. The number of nitrogens with one attached hydrogen (secondary N) is 1. The number of rotatable bonds is 2. The SMILES string of the molecule is CC1(C(=O)O)C=CC=CC1NC(=O)O. The average molecular weight is 197 g/mol. The lowest BCUT2D eigenvalue weighted by Gasteiger charge is -2.30. The number of hydrogen-bond acceptors (Lipinski definition) is 2. The van der Waals surface area contributed by atoms with Crippen molar-refractivity contribution in [3.05, 3.63) is 24.3 Å². The Hall–Kier alpha value is -1.78. The zero-order chi connectivity index (χ0) is 10.8. The van der Waals surface area contributed by atoms with Gasteiger partial charge in [0.2, 0.25) is 0 Å². The average Bonchev–Trinajstić information content (AvgIpc) is 2.08. The number of hydrogen-bond donors (Lipinski definition) is 3. The molecule has 1 amide bonds. The fourth-order valence-corrected chi connectivity index (χ4v) is 1.27. The summed E-state index contributed by atoms with van der Waals surface area (Å²) in [4.78, 5) is 21.4. The molecular weight excluding hydrogens is 186 g/mol. The highest BCUT2D eigenvalue weighted by molar-refractivity contribution is 5.80. The first-order chi connectivity index (χ1) is 6.47. The van der Waals surface area contributed by atoms with Crippen molar-refractivity contribution in [1.29, 1.82) is 0 Å². The first-order valence-electron chi connectivity index (χ1n) is 4.05. The molecule has 0 bridgehead atoms. The van der Waals surface area contributed by atoms with Gasteiger partial charge < -0.3 is 15.5 Å². The van der Waals surface area contributed by atoms with Gasteiger partial charge >= 0.3 is 12.1 Å². The summed E-state index contributed by atoms with van der Waals surface area (Å²) in [5.41, 5.74) is -1.22. The maximum Gasteiger partial charge on any atom is 0.405 e. The molecule has 5 heteroatoms. The van der Waals surface area contributed by atoms with E-state index >= 15 is 0 Å². The van der Waals surface area contributed by atoms with Gasteiger partial charge in [-0.25, -0.2) is 4.79 Å². The molecule has 0 aliphatic heterocycles. The summed E-state index contributed by atoms with van der Waals surface area (Å²) in [6, 6.07) is -0.734. The molecule has 76 valence electrons. The molecule has 0 aromatic carbocycles. The van der Waals surface area contributed by atoms with Crippen molar-refractivity contribution in [2.45, 2.75) is 13.0 Å². The van der Waals surface area contributed by atoms with E-state index in [-0.39, 0.29) is 0 Å². The fourth-order valence-electron chi connectivity index (χ4n) is 1.27. The molecule has 2 unspecified atom stereocenters. The van der Waals surface area contributed by atoms with Gasteiger partial charge in [0.25, 0.3) is 0 Å².